The number of benzene rings is 1. The van der Waals surface area contributed by atoms with E-state index in [2.05, 4.69) is 6.58 Å². The van der Waals surface area contributed by atoms with Crippen molar-refractivity contribution in [1.29, 1.82) is 10.7 Å². The standard InChI is InChI=1S/C17H15N3O2/c1-3-8-20-16(19)14(10-18)13(17(20)22)9-15(21)12-6-4-11(2)5-7-12/h3-7,9,19,21H,1,8H2,2H3/b15-9-,19-16?. The monoisotopic (exact) mass is 293 g/mol. The quantitative estimate of drug-likeness (QED) is 0.661. The Balaban J connectivity index is 2.43. The van der Waals surface area contributed by atoms with Crippen LogP contribution in [-0.2, 0) is 4.79 Å². The number of carbonyl (C=O) groups is 1. The number of aryl methyl sites for hydroxylation is 1. The molecule has 0 atom stereocenters. The lowest BCUT2D eigenvalue weighted by atomic mass is 10.1. The van der Waals surface area contributed by atoms with Crippen molar-refractivity contribution in [2.75, 3.05) is 6.54 Å². The molecule has 0 saturated heterocycles. The van der Waals surface area contributed by atoms with Crippen molar-refractivity contribution in [2.45, 2.75) is 6.92 Å². The highest BCUT2D eigenvalue weighted by atomic mass is 16.3. The highest BCUT2D eigenvalue weighted by Crippen LogP contribution is 2.24. The molecule has 5 heteroatoms. The van der Waals surface area contributed by atoms with Crippen LogP contribution in [0.4, 0.5) is 0 Å². The molecule has 0 aromatic heterocycles. The van der Waals surface area contributed by atoms with Crippen molar-refractivity contribution in [3.8, 4) is 6.07 Å². The Labute approximate surface area is 128 Å². The average Bonchev–Trinajstić information content (AvgIpc) is 2.72. The average molecular weight is 293 g/mol. The van der Waals surface area contributed by atoms with Crippen molar-refractivity contribution in [3.63, 3.8) is 0 Å². The van der Waals surface area contributed by atoms with Crippen molar-refractivity contribution in [1.82, 2.24) is 4.90 Å². The number of nitrogens with zero attached hydrogens (tertiary/aromatic N) is 2. The zero-order valence-electron chi connectivity index (χ0n) is 12.1. The topological polar surface area (TPSA) is 88.2 Å². The summed E-state index contributed by atoms with van der Waals surface area (Å²) in [6.45, 7) is 5.60. The highest BCUT2D eigenvalue weighted by molar-refractivity contribution is 6.24. The van der Waals surface area contributed by atoms with Gasteiger partial charge in [0.1, 0.15) is 23.2 Å². The highest BCUT2D eigenvalue weighted by Gasteiger charge is 2.34. The van der Waals surface area contributed by atoms with Crippen LogP contribution in [0.2, 0.25) is 0 Å². The largest absolute Gasteiger partial charge is 0.507 e. The van der Waals surface area contributed by atoms with Gasteiger partial charge in [-0.05, 0) is 13.0 Å². The molecule has 0 spiro atoms. The van der Waals surface area contributed by atoms with E-state index in [1.54, 1.807) is 12.1 Å². The molecule has 5 nitrogen and oxygen atoms in total. The summed E-state index contributed by atoms with van der Waals surface area (Å²) in [7, 11) is 0. The molecule has 22 heavy (non-hydrogen) atoms. The van der Waals surface area contributed by atoms with Crippen molar-refractivity contribution in [2.24, 2.45) is 0 Å². The van der Waals surface area contributed by atoms with E-state index < -0.39 is 5.91 Å². The molecule has 0 radical (unpaired) electrons. The van der Waals surface area contributed by atoms with Crippen molar-refractivity contribution >= 4 is 17.5 Å². The molecule has 1 aromatic carbocycles. The number of aliphatic hydroxyl groups is 1. The first-order chi connectivity index (χ1) is 10.5. The lowest BCUT2D eigenvalue weighted by Gasteiger charge is -2.13. The molecule has 2 N–H and O–H groups in total. The van der Waals surface area contributed by atoms with Gasteiger partial charge in [-0.2, -0.15) is 5.26 Å². The number of nitrogens with one attached hydrogen (secondary N) is 1. The van der Waals surface area contributed by atoms with Crippen LogP contribution in [0.1, 0.15) is 11.1 Å². The lowest BCUT2D eigenvalue weighted by Crippen LogP contribution is -2.31. The number of aliphatic hydroxyl groups excluding tert-OH is 1. The van der Waals surface area contributed by atoms with Gasteiger partial charge in [-0.25, -0.2) is 0 Å². The Morgan fingerprint density at radius 3 is 2.64 bits per heavy atom. The second-order valence-corrected chi connectivity index (χ2v) is 4.85. The maximum Gasteiger partial charge on any atom is 0.261 e. The molecular weight excluding hydrogens is 278 g/mol. The van der Waals surface area contributed by atoms with E-state index in [9.17, 15) is 9.90 Å². The molecule has 1 aliphatic heterocycles. The summed E-state index contributed by atoms with van der Waals surface area (Å²) in [5.41, 5.74) is 1.55. The van der Waals surface area contributed by atoms with E-state index in [4.69, 9.17) is 10.7 Å². The zero-order valence-corrected chi connectivity index (χ0v) is 12.1. The summed E-state index contributed by atoms with van der Waals surface area (Å²) < 4.78 is 0. The number of amidine groups is 1. The number of nitriles is 1. The maximum absolute atomic E-state index is 12.3. The molecule has 0 saturated carbocycles. The van der Waals surface area contributed by atoms with Crippen LogP contribution in [0.15, 0.2) is 54.1 Å². The molecule has 0 bridgehead atoms. The molecule has 1 amide bonds. The number of hydrogen-bond acceptors (Lipinski definition) is 4. The summed E-state index contributed by atoms with van der Waals surface area (Å²) in [5, 5.41) is 27.2. The Kier molecular flexibility index (Phi) is 4.23. The van der Waals surface area contributed by atoms with Crippen molar-refractivity contribution < 1.29 is 9.90 Å². The fourth-order valence-electron chi connectivity index (χ4n) is 2.11. The summed E-state index contributed by atoms with van der Waals surface area (Å²) in [5.74, 6) is -0.778. The number of carbonyl (C=O) groups excluding carboxylic acids is 1. The SMILES string of the molecule is C=CCN1C(=N)C(C#N)=C(/C=C(\O)c2ccc(C)cc2)C1=O. The predicted molar refractivity (Wildman–Crippen MR) is 84.1 cm³/mol. The Bertz CT molecular complexity index is 749. The molecule has 1 heterocycles. The van der Waals surface area contributed by atoms with Crippen LogP contribution in [-0.4, -0.2) is 28.3 Å². The Hall–Kier alpha value is -3.13. The molecule has 2 rings (SSSR count). The fraction of sp³-hybridized carbons (Fsp3) is 0.118. The third kappa shape index (κ3) is 2.67. The summed E-state index contributed by atoms with van der Waals surface area (Å²) >= 11 is 0. The van der Waals surface area contributed by atoms with Crippen LogP contribution in [0.25, 0.3) is 5.76 Å². The fourth-order valence-corrected chi connectivity index (χ4v) is 2.11. The number of hydrogen-bond donors (Lipinski definition) is 2. The predicted octanol–water partition coefficient (Wildman–Crippen LogP) is 2.72. The molecule has 0 unspecified atom stereocenters. The first-order valence-electron chi connectivity index (χ1n) is 6.63. The van der Waals surface area contributed by atoms with E-state index in [1.165, 1.54) is 12.2 Å². The minimum absolute atomic E-state index is 0.0208. The molecule has 0 fully saturated rings. The van der Waals surface area contributed by atoms with E-state index in [-0.39, 0.29) is 29.3 Å². The van der Waals surface area contributed by atoms with Gasteiger partial charge in [-0.1, -0.05) is 35.9 Å². The Morgan fingerprint density at radius 1 is 1.45 bits per heavy atom. The smallest absolute Gasteiger partial charge is 0.261 e. The Morgan fingerprint density at radius 2 is 2.09 bits per heavy atom. The molecule has 110 valence electrons. The second kappa shape index (κ2) is 6.10. The van der Waals surface area contributed by atoms with Gasteiger partial charge in [0, 0.05) is 12.1 Å². The van der Waals surface area contributed by atoms with Gasteiger partial charge in [0.05, 0.1) is 5.57 Å². The van der Waals surface area contributed by atoms with E-state index in [0.717, 1.165) is 10.5 Å². The normalized spacial score (nSPS) is 15.3. The minimum Gasteiger partial charge on any atom is -0.507 e. The van der Waals surface area contributed by atoms with Gasteiger partial charge in [0.25, 0.3) is 5.91 Å². The zero-order chi connectivity index (χ0) is 16.3. The van der Waals surface area contributed by atoms with E-state index in [0.29, 0.717) is 5.56 Å². The van der Waals surface area contributed by atoms with Crippen LogP contribution in [0.3, 0.4) is 0 Å². The second-order valence-electron chi connectivity index (χ2n) is 4.85. The van der Waals surface area contributed by atoms with Gasteiger partial charge < -0.3 is 5.11 Å². The van der Waals surface area contributed by atoms with Gasteiger partial charge in [0.2, 0.25) is 0 Å². The van der Waals surface area contributed by atoms with Crippen LogP contribution >= 0.6 is 0 Å². The van der Waals surface area contributed by atoms with E-state index in [1.807, 2.05) is 25.1 Å². The third-order valence-corrected chi connectivity index (χ3v) is 3.30. The lowest BCUT2D eigenvalue weighted by molar-refractivity contribution is -0.122. The van der Waals surface area contributed by atoms with Crippen molar-refractivity contribution in [3.05, 3.63) is 65.3 Å². The van der Waals surface area contributed by atoms with Gasteiger partial charge in [-0.3, -0.25) is 15.1 Å². The molecular formula is C17H15N3O2. The maximum atomic E-state index is 12.3. The molecule has 1 aliphatic rings. The summed E-state index contributed by atoms with van der Waals surface area (Å²) in [4.78, 5) is 13.4. The number of rotatable bonds is 4. The van der Waals surface area contributed by atoms with E-state index >= 15 is 0 Å². The minimum atomic E-state index is -0.486. The third-order valence-electron chi connectivity index (χ3n) is 3.30. The van der Waals surface area contributed by atoms with Crippen LogP contribution in [0, 0.1) is 23.7 Å². The molecule has 1 aromatic rings. The summed E-state index contributed by atoms with van der Waals surface area (Å²) in [6, 6.07) is 8.97. The van der Waals surface area contributed by atoms with Crippen LogP contribution in [0.5, 0.6) is 0 Å². The van der Waals surface area contributed by atoms with Gasteiger partial charge in [-0.15, -0.1) is 6.58 Å². The van der Waals surface area contributed by atoms with Gasteiger partial charge >= 0.3 is 0 Å². The summed E-state index contributed by atoms with van der Waals surface area (Å²) in [6.07, 6.45) is 2.72. The first kappa shape index (κ1) is 15.3. The first-order valence-corrected chi connectivity index (χ1v) is 6.63. The van der Waals surface area contributed by atoms with Gasteiger partial charge in [0.15, 0.2) is 0 Å². The van der Waals surface area contributed by atoms with Crippen LogP contribution < -0.4 is 0 Å². The molecule has 0 aliphatic carbocycles. The number of amides is 1.